The molecule has 8 nitrogen and oxygen atoms in total. The van der Waals surface area contributed by atoms with Gasteiger partial charge in [-0.05, 0) is 30.3 Å². The molecule has 0 unspecified atom stereocenters. The summed E-state index contributed by atoms with van der Waals surface area (Å²) in [6, 6.07) is 12.2. The number of carboxylic acid groups (broad SMARTS) is 1. The Labute approximate surface area is 142 Å². The average molecular weight is 361 g/mol. The van der Waals surface area contributed by atoms with E-state index in [4.69, 9.17) is 5.11 Å². The molecule has 0 radical (unpaired) electrons. The first-order chi connectivity index (χ1) is 11.9. The fourth-order valence-corrected chi connectivity index (χ4v) is 3.57. The Hall–Kier alpha value is -2.91. The van der Waals surface area contributed by atoms with Gasteiger partial charge in [0.25, 0.3) is 0 Å². The van der Waals surface area contributed by atoms with Gasteiger partial charge in [0.05, 0.1) is 21.5 Å². The highest BCUT2D eigenvalue weighted by Crippen LogP contribution is 2.12. The minimum Gasteiger partial charge on any atom is -0.478 e. The maximum Gasteiger partial charge on any atom is 0.335 e. The molecule has 0 atom stereocenters. The number of hydrogen-bond donors (Lipinski definition) is 3. The van der Waals surface area contributed by atoms with Gasteiger partial charge in [-0.15, -0.1) is 0 Å². The Morgan fingerprint density at radius 1 is 1.16 bits per heavy atom. The van der Waals surface area contributed by atoms with Gasteiger partial charge >= 0.3 is 11.7 Å². The quantitative estimate of drug-likeness (QED) is 0.605. The number of aromatic carboxylic acids is 1. The molecule has 9 heteroatoms. The molecule has 0 spiro atoms. The lowest BCUT2D eigenvalue weighted by atomic mass is 10.2. The molecule has 0 bridgehead atoms. The smallest absolute Gasteiger partial charge is 0.335 e. The van der Waals surface area contributed by atoms with Crippen LogP contribution in [0.25, 0.3) is 11.0 Å². The van der Waals surface area contributed by atoms with Crippen molar-refractivity contribution < 1.29 is 18.3 Å². The summed E-state index contributed by atoms with van der Waals surface area (Å²) >= 11 is 0. The number of aromatic nitrogens is 2. The number of sulfonamides is 1. The summed E-state index contributed by atoms with van der Waals surface area (Å²) in [7, 11) is -3.87. The van der Waals surface area contributed by atoms with Crippen LogP contribution >= 0.6 is 0 Å². The summed E-state index contributed by atoms with van der Waals surface area (Å²) in [5, 5.41) is 8.95. The van der Waals surface area contributed by atoms with E-state index in [1.54, 1.807) is 24.3 Å². The van der Waals surface area contributed by atoms with E-state index in [-0.39, 0.29) is 29.2 Å². The van der Waals surface area contributed by atoms with E-state index in [9.17, 15) is 18.0 Å². The number of nitrogens with zero attached hydrogens (tertiary/aromatic N) is 1. The number of carboxylic acids is 1. The number of hydrogen-bond acceptors (Lipinski definition) is 4. The molecule has 0 fully saturated rings. The van der Waals surface area contributed by atoms with Crippen molar-refractivity contribution in [3.63, 3.8) is 0 Å². The SMILES string of the molecule is O=C(O)c1cccc(S(=O)(=O)NCCn2c(=O)[nH]c3ccccc32)c1. The number of nitrogens with one attached hydrogen (secondary N) is 2. The van der Waals surface area contributed by atoms with Crippen LogP contribution in [-0.4, -0.2) is 35.6 Å². The zero-order chi connectivity index (χ0) is 18.0. The molecule has 3 N–H and O–H groups in total. The van der Waals surface area contributed by atoms with Crippen molar-refractivity contribution in [3.05, 3.63) is 64.6 Å². The van der Waals surface area contributed by atoms with Gasteiger partial charge in [0.2, 0.25) is 10.0 Å². The van der Waals surface area contributed by atoms with Crippen molar-refractivity contribution in [2.75, 3.05) is 6.54 Å². The Morgan fingerprint density at radius 3 is 2.68 bits per heavy atom. The molecule has 0 aliphatic carbocycles. The van der Waals surface area contributed by atoms with Gasteiger partial charge in [-0.2, -0.15) is 0 Å². The van der Waals surface area contributed by atoms with E-state index in [1.807, 2.05) is 0 Å². The lowest BCUT2D eigenvalue weighted by Crippen LogP contribution is -2.30. The van der Waals surface area contributed by atoms with Crippen molar-refractivity contribution in [2.24, 2.45) is 0 Å². The number of fused-ring (bicyclic) bond motifs is 1. The molecule has 0 aliphatic heterocycles. The third-order valence-corrected chi connectivity index (χ3v) is 5.16. The summed E-state index contributed by atoms with van der Waals surface area (Å²) < 4.78 is 28.4. The topological polar surface area (TPSA) is 121 Å². The van der Waals surface area contributed by atoms with E-state index in [0.29, 0.717) is 11.0 Å². The molecular weight excluding hydrogens is 346 g/mol. The highest BCUT2D eigenvalue weighted by atomic mass is 32.2. The number of imidazole rings is 1. The standard InChI is InChI=1S/C16H15N3O5S/c20-15(21)11-4-3-5-12(10-11)25(23,24)17-8-9-19-14-7-2-1-6-13(14)18-16(19)22/h1-7,10,17H,8-9H2,(H,18,22)(H,20,21). The molecule has 1 heterocycles. The van der Waals surface area contributed by atoms with E-state index in [0.717, 1.165) is 6.07 Å². The van der Waals surface area contributed by atoms with Crippen LogP contribution in [0.1, 0.15) is 10.4 Å². The highest BCUT2D eigenvalue weighted by molar-refractivity contribution is 7.89. The second-order valence-corrected chi connectivity index (χ2v) is 7.10. The largest absolute Gasteiger partial charge is 0.478 e. The Morgan fingerprint density at radius 2 is 1.92 bits per heavy atom. The number of H-pyrrole nitrogens is 1. The Bertz CT molecular complexity index is 1100. The lowest BCUT2D eigenvalue weighted by Gasteiger charge is -2.08. The number of carbonyl (C=O) groups is 1. The summed E-state index contributed by atoms with van der Waals surface area (Å²) in [4.78, 5) is 25.5. The molecule has 0 aliphatic rings. The lowest BCUT2D eigenvalue weighted by molar-refractivity contribution is 0.0696. The maximum atomic E-state index is 12.3. The van der Waals surface area contributed by atoms with Crippen LogP contribution in [0.3, 0.4) is 0 Å². The molecule has 1 aromatic heterocycles. The number of para-hydroxylation sites is 2. The number of aromatic amines is 1. The predicted octanol–water partition coefficient (Wildman–Crippen LogP) is 1.01. The second kappa shape index (κ2) is 6.54. The molecular formula is C16H15N3O5S. The van der Waals surface area contributed by atoms with E-state index >= 15 is 0 Å². The van der Waals surface area contributed by atoms with Gasteiger partial charge in [0, 0.05) is 13.1 Å². The van der Waals surface area contributed by atoms with Crippen molar-refractivity contribution in [2.45, 2.75) is 11.4 Å². The molecule has 0 saturated heterocycles. The fourth-order valence-electron chi connectivity index (χ4n) is 2.50. The van der Waals surface area contributed by atoms with Gasteiger partial charge in [0.15, 0.2) is 0 Å². The van der Waals surface area contributed by atoms with Crippen molar-refractivity contribution in [3.8, 4) is 0 Å². The molecule has 2 aromatic carbocycles. The van der Waals surface area contributed by atoms with Crippen LogP contribution in [0.2, 0.25) is 0 Å². The third kappa shape index (κ3) is 3.47. The summed E-state index contributed by atoms with van der Waals surface area (Å²) in [5.74, 6) is -1.21. The summed E-state index contributed by atoms with van der Waals surface area (Å²) in [6.45, 7) is 0.127. The highest BCUT2D eigenvalue weighted by Gasteiger charge is 2.16. The van der Waals surface area contributed by atoms with E-state index in [2.05, 4.69) is 9.71 Å². The van der Waals surface area contributed by atoms with Gasteiger partial charge in [-0.3, -0.25) is 4.57 Å². The molecule has 3 rings (SSSR count). The number of benzene rings is 2. The van der Waals surface area contributed by atoms with E-state index < -0.39 is 16.0 Å². The van der Waals surface area contributed by atoms with Crippen molar-refractivity contribution in [1.29, 1.82) is 0 Å². The Balaban J connectivity index is 1.76. The third-order valence-electron chi connectivity index (χ3n) is 3.70. The van der Waals surface area contributed by atoms with Crippen LogP contribution in [-0.2, 0) is 16.6 Å². The van der Waals surface area contributed by atoms with Crippen LogP contribution in [0.4, 0.5) is 0 Å². The van der Waals surface area contributed by atoms with Crippen LogP contribution in [0.5, 0.6) is 0 Å². The van der Waals surface area contributed by atoms with Crippen molar-refractivity contribution in [1.82, 2.24) is 14.3 Å². The molecule has 0 amide bonds. The van der Waals surface area contributed by atoms with Crippen LogP contribution < -0.4 is 10.4 Å². The fraction of sp³-hybridized carbons (Fsp3) is 0.125. The first-order valence-corrected chi connectivity index (χ1v) is 8.87. The van der Waals surface area contributed by atoms with Crippen LogP contribution in [0, 0.1) is 0 Å². The second-order valence-electron chi connectivity index (χ2n) is 5.33. The zero-order valence-corrected chi connectivity index (χ0v) is 13.8. The van der Waals surface area contributed by atoms with Gasteiger partial charge in [0.1, 0.15) is 0 Å². The van der Waals surface area contributed by atoms with Crippen molar-refractivity contribution >= 4 is 27.0 Å². The maximum absolute atomic E-state index is 12.3. The van der Waals surface area contributed by atoms with Gasteiger partial charge < -0.3 is 10.1 Å². The Kier molecular flexibility index (Phi) is 4.43. The van der Waals surface area contributed by atoms with E-state index in [1.165, 1.54) is 22.8 Å². The van der Waals surface area contributed by atoms with Gasteiger partial charge in [-0.25, -0.2) is 22.7 Å². The number of rotatable bonds is 6. The first kappa shape index (κ1) is 16.9. The van der Waals surface area contributed by atoms with Gasteiger partial charge in [-0.1, -0.05) is 18.2 Å². The molecule has 0 saturated carbocycles. The zero-order valence-electron chi connectivity index (χ0n) is 13.0. The molecule has 130 valence electrons. The average Bonchev–Trinajstić information content (AvgIpc) is 2.90. The minimum atomic E-state index is -3.87. The van der Waals surface area contributed by atoms with Crippen LogP contribution in [0.15, 0.2) is 58.2 Å². The summed E-state index contributed by atoms with van der Waals surface area (Å²) in [6.07, 6.45) is 0. The minimum absolute atomic E-state index is 0.0125. The molecule has 3 aromatic rings. The monoisotopic (exact) mass is 361 g/mol. The first-order valence-electron chi connectivity index (χ1n) is 7.39. The predicted molar refractivity (Wildman–Crippen MR) is 91.1 cm³/mol. The summed E-state index contributed by atoms with van der Waals surface area (Å²) in [5.41, 5.74) is 0.910. The normalized spacial score (nSPS) is 11.7. The molecule has 25 heavy (non-hydrogen) atoms.